The van der Waals surface area contributed by atoms with E-state index >= 15 is 0 Å². The quantitative estimate of drug-likeness (QED) is 0.577. The van der Waals surface area contributed by atoms with Gasteiger partial charge in [0.2, 0.25) is 0 Å². The normalized spacial score (nSPS) is 10.5. The Balaban J connectivity index is 3.24. The Bertz CT molecular complexity index is 393. The number of ether oxygens (including phenoxy) is 1. The standard InChI is InChI=1S/C9H9F2NO3/c1-5-3-4-7(12(13)14)6(2)8(5)15-9(10)11/h3-4,9H,1-2H3. The zero-order valence-corrected chi connectivity index (χ0v) is 8.16. The Hall–Kier alpha value is -1.72. The number of benzene rings is 1. The largest absolute Gasteiger partial charge is 0.434 e. The van der Waals surface area contributed by atoms with E-state index in [1.54, 1.807) is 6.92 Å². The van der Waals surface area contributed by atoms with Crippen molar-refractivity contribution in [3.05, 3.63) is 33.4 Å². The van der Waals surface area contributed by atoms with Gasteiger partial charge in [0, 0.05) is 6.07 Å². The van der Waals surface area contributed by atoms with Crippen LogP contribution < -0.4 is 4.74 Å². The van der Waals surface area contributed by atoms with Crippen molar-refractivity contribution in [2.75, 3.05) is 0 Å². The molecule has 0 N–H and O–H groups in total. The molecule has 0 aliphatic heterocycles. The first-order chi connectivity index (χ1) is 6.93. The number of halogens is 2. The van der Waals surface area contributed by atoms with Gasteiger partial charge in [0.25, 0.3) is 5.69 Å². The Morgan fingerprint density at radius 1 is 1.40 bits per heavy atom. The maximum absolute atomic E-state index is 12.0. The molecule has 0 radical (unpaired) electrons. The minimum absolute atomic E-state index is 0.111. The van der Waals surface area contributed by atoms with E-state index in [1.165, 1.54) is 19.1 Å². The van der Waals surface area contributed by atoms with Gasteiger partial charge in [-0.15, -0.1) is 0 Å². The summed E-state index contributed by atoms with van der Waals surface area (Å²) in [6.45, 7) is -0.0542. The summed E-state index contributed by atoms with van der Waals surface area (Å²) in [6, 6.07) is 2.64. The van der Waals surface area contributed by atoms with E-state index in [-0.39, 0.29) is 17.0 Å². The van der Waals surface area contributed by atoms with Crippen molar-refractivity contribution in [1.82, 2.24) is 0 Å². The van der Waals surface area contributed by atoms with Gasteiger partial charge in [-0.3, -0.25) is 10.1 Å². The van der Waals surface area contributed by atoms with Crippen molar-refractivity contribution >= 4 is 5.69 Å². The Morgan fingerprint density at radius 3 is 2.47 bits per heavy atom. The molecule has 0 spiro atoms. The number of nitro groups is 1. The van der Waals surface area contributed by atoms with Gasteiger partial charge in [-0.05, 0) is 25.5 Å². The first-order valence-corrected chi connectivity index (χ1v) is 4.13. The van der Waals surface area contributed by atoms with E-state index in [0.29, 0.717) is 5.56 Å². The highest BCUT2D eigenvalue weighted by molar-refractivity contribution is 5.52. The fourth-order valence-electron chi connectivity index (χ4n) is 1.28. The molecule has 0 heterocycles. The second kappa shape index (κ2) is 4.20. The summed E-state index contributed by atoms with van der Waals surface area (Å²) in [4.78, 5) is 9.90. The third kappa shape index (κ3) is 2.39. The third-order valence-electron chi connectivity index (χ3n) is 1.98. The van der Waals surface area contributed by atoms with Gasteiger partial charge in [-0.1, -0.05) is 0 Å². The molecule has 1 aromatic carbocycles. The Labute approximate surface area is 84.6 Å². The Morgan fingerprint density at radius 2 is 2.00 bits per heavy atom. The first kappa shape index (κ1) is 11.4. The highest BCUT2D eigenvalue weighted by atomic mass is 19.3. The van der Waals surface area contributed by atoms with Gasteiger partial charge in [0.1, 0.15) is 5.75 Å². The number of aryl methyl sites for hydroxylation is 1. The summed E-state index contributed by atoms with van der Waals surface area (Å²) in [5, 5.41) is 10.5. The second-order valence-corrected chi connectivity index (χ2v) is 2.99. The van der Waals surface area contributed by atoms with Crippen LogP contribution in [0.5, 0.6) is 5.75 Å². The summed E-state index contributed by atoms with van der Waals surface area (Å²) >= 11 is 0. The van der Waals surface area contributed by atoms with Crippen LogP contribution >= 0.6 is 0 Å². The van der Waals surface area contributed by atoms with Crippen LogP contribution in [-0.2, 0) is 0 Å². The van der Waals surface area contributed by atoms with E-state index < -0.39 is 11.5 Å². The molecular weight excluding hydrogens is 208 g/mol. The summed E-state index contributed by atoms with van der Waals surface area (Å²) in [5.41, 5.74) is 0.329. The van der Waals surface area contributed by atoms with Crippen molar-refractivity contribution in [3.63, 3.8) is 0 Å². The van der Waals surface area contributed by atoms with Crippen LogP contribution in [0.1, 0.15) is 11.1 Å². The summed E-state index contributed by atoms with van der Waals surface area (Å²) < 4.78 is 28.3. The van der Waals surface area contributed by atoms with Crippen molar-refractivity contribution in [1.29, 1.82) is 0 Å². The fraction of sp³-hybridized carbons (Fsp3) is 0.333. The number of nitro benzene ring substituents is 1. The van der Waals surface area contributed by atoms with Crippen molar-refractivity contribution in [2.24, 2.45) is 0 Å². The average molecular weight is 217 g/mol. The highest BCUT2D eigenvalue weighted by Gasteiger charge is 2.19. The predicted molar refractivity (Wildman–Crippen MR) is 49.2 cm³/mol. The molecule has 4 nitrogen and oxygen atoms in total. The third-order valence-corrected chi connectivity index (χ3v) is 1.98. The van der Waals surface area contributed by atoms with Crippen LogP contribution in [0.4, 0.5) is 14.5 Å². The number of hydrogen-bond acceptors (Lipinski definition) is 3. The van der Waals surface area contributed by atoms with E-state index in [9.17, 15) is 18.9 Å². The molecule has 0 fully saturated rings. The Kier molecular flexibility index (Phi) is 3.18. The van der Waals surface area contributed by atoms with Gasteiger partial charge in [-0.2, -0.15) is 8.78 Å². The molecule has 0 aliphatic rings. The van der Waals surface area contributed by atoms with Gasteiger partial charge in [-0.25, -0.2) is 0 Å². The summed E-state index contributed by atoms with van der Waals surface area (Å²) in [7, 11) is 0. The zero-order valence-electron chi connectivity index (χ0n) is 8.16. The molecule has 0 aromatic heterocycles. The van der Waals surface area contributed by atoms with Gasteiger partial charge in [0.15, 0.2) is 0 Å². The monoisotopic (exact) mass is 217 g/mol. The minimum atomic E-state index is -2.98. The molecule has 1 aromatic rings. The lowest BCUT2D eigenvalue weighted by atomic mass is 10.1. The molecule has 0 amide bonds. The molecule has 0 bridgehead atoms. The molecule has 0 saturated carbocycles. The maximum atomic E-state index is 12.0. The van der Waals surface area contributed by atoms with Crippen LogP contribution in [0.25, 0.3) is 0 Å². The van der Waals surface area contributed by atoms with Crippen molar-refractivity contribution < 1.29 is 18.4 Å². The van der Waals surface area contributed by atoms with Gasteiger partial charge >= 0.3 is 6.61 Å². The number of nitrogens with zero attached hydrogens (tertiary/aromatic N) is 1. The first-order valence-electron chi connectivity index (χ1n) is 4.13. The molecule has 82 valence electrons. The average Bonchev–Trinajstić information content (AvgIpc) is 2.11. The van der Waals surface area contributed by atoms with Gasteiger partial charge < -0.3 is 4.74 Å². The van der Waals surface area contributed by atoms with Crippen LogP contribution in [0.2, 0.25) is 0 Å². The smallest absolute Gasteiger partial charge is 0.387 e. The highest BCUT2D eigenvalue weighted by Crippen LogP contribution is 2.31. The van der Waals surface area contributed by atoms with E-state index in [2.05, 4.69) is 4.74 Å². The fourth-order valence-corrected chi connectivity index (χ4v) is 1.28. The predicted octanol–water partition coefficient (Wildman–Crippen LogP) is 2.81. The molecule has 0 aliphatic carbocycles. The summed E-state index contributed by atoms with van der Waals surface area (Å²) in [5.74, 6) is -0.126. The van der Waals surface area contributed by atoms with Crippen molar-refractivity contribution in [3.8, 4) is 5.75 Å². The lowest BCUT2D eigenvalue weighted by Gasteiger charge is -2.10. The molecular formula is C9H9F2NO3. The molecule has 0 atom stereocenters. The van der Waals surface area contributed by atoms with Crippen LogP contribution in [0, 0.1) is 24.0 Å². The van der Waals surface area contributed by atoms with Crippen LogP contribution in [0.3, 0.4) is 0 Å². The topological polar surface area (TPSA) is 52.4 Å². The lowest BCUT2D eigenvalue weighted by Crippen LogP contribution is -2.06. The number of rotatable bonds is 3. The number of hydrogen-bond donors (Lipinski definition) is 0. The molecule has 1 rings (SSSR count). The molecule has 6 heteroatoms. The van der Waals surface area contributed by atoms with Crippen LogP contribution in [-0.4, -0.2) is 11.5 Å². The maximum Gasteiger partial charge on any atom is 0.387 e. The summed E-state index contributed by atoms with van der Waals surface area (Å²) in [6.07, 6.45) is 0. The lowest BCUT2D eigenvalue weighted by molar-refractivity contribution is -0.385. The minimum Gasteiger partial charge on any atom is -0.434 e. The van der Waals surface area contributed by atoms with Crippen molar-refractivity contribution in [2.45, 2.75) is 20.5 Å². The molecule has 0 unspecified atom stereocenters. The van der Waals surface area contributed by atoms with E-state index in [0.717, 1.165) is 0 Å². The van der Waals surface area contributed by atoms with Crippen LogP contribution in [0.15, 0.2) is 12.1 Å². The molecule has 0 saturated heterocycles. The molecule has 15 heavy (non-hydrogen) atoms. The SMILES string of the molecule is Cc1ccc([N+](=O)[O-])c(C)c1OC(F)F. The van der Waals surface area contributed by atoms with E-state index in [1.807, 2.05) is 0 Å². The zero-order chi connectivity index (χ0) is 11.6. The van der Waals surface area contributed by atoms with E-state index in [4.69, 9.17) is 0 Å². The van der Waals surface area contributed by atoms with Gasteiger partial charge in [0.05, 0.1) is 10.5 Å². The number of alkyl halides is 2. The second-order valence-electron chi connectivity index (χ2n) is 2.99.